The van der Waals surface area contributed by atoms with Crippen LogP contribution in [0.15, 0.2) is 12.2 Å². The smallest absolute Gasteiger partial charge is 0.330 e. The second-order valence-electron chi connectivity index (χ2n) is 2.85. The Morgan fingerprint density at radius 1 is 1.13 bits per heavy atom. The van der Waals surface area contributed by atoms with Crippen LogP contribution in [0.5, 0.6) is 0 Å². The first-order valence-corrected chi connectivity index (χ1v) is 5.19. The van der Waals surface area contributed by atoms with Crippen molar-refractivity contribution in [3.05, 3.63) is 12.2 Å². The van der Waals surface area contributed by atoms with Gasteiger partial charge >= 0.3 is 11.9 Å². The Labute approximate surface area is 90.2 Å². The second kappa shape index (κ2) is 9.24. The lowest BCUT2D eigenvalue weighted by Gasteiger charge is -1.99. The van der Waals surface area contributed by atoms with Crippen molar-refractivity contribution in [3.63, 3.8) is 0 Å². The van der Waals surface area contributed by atoms with Gasteiger partial charge in [-0.05, 0) is 26.7 Å². The Hall–Kier alpha value is -1.32. The number of ether oxygens (including phenoxy) is 2. The van der Waals surface area contributed by atoms with E-state index in [9.17, 15) is 9.59 Å². The molecule has 0 aromatic rings. The van der Waals surface area contributed by atoms with E-state index in [1.54, 1.807) is 19.9 Å². The summed E-state index contributed by atoms with van der Waals surface area (Å²) >= 11 is 0. The summed E-state index contributed by atoms with van der Waals surface area (Å²) < 4.78 is 9.44. The molecule has 0 aliphatic carbocycles. The largest absolute Gasteiger partial charge is 0.466 e. The van der Waals surface area contributed by atoms with Gasteiger partial charge in [0.25, 0.3) is 0 Å². The zero-order chi connectivity index (χ0) is 11.5. The molecule has 0 heterocycles. The molecule has 0 spiro atoms. The van der Waals surface area contributed by atoms with E-state index in [1.807, 2.05) is 0 Å². The zero-order valence-corrected chi connectivity index (χ0v) is 9.32. The highest BCUT2D eigenvalue weighted by Crippen LogP contribution is 1.99. The van der Waals surface area contributed by atoms with Gasteiger partial charge in [0.1, 0.15) is 0 Å². The molecule has 0 fully saturated rings. The number of hydrogen-bond donors (Lipinski definition) is 0. The summed E-state index contributed by atoms with van der Waals surface area (Å²) in [6.07, 6.45) is 4.85. The number of carbonyl (C=O) groups is 2. The topological polar surface area (TPSA) is 52.6 Å². The number of rotatable bonds is 7. The van der Waals surface area contributed by atoms with Crippen LogP contribution in [0.4, 0.5) is 0 Å². The van der Waals surface area contributed by atoms with Gasteiger partial charge in [0.05, 0.1) is 13.2 Å². The fourth-order valence-electron chi connectivity index (χ4n) is 0.967. The van der Waals surface area contributed by atoms with Gasteiger partial charge in [-0.1, -0.05) is 6.08 Å². The van der Waals surface area contributed by atoms with Crippen LogP contribution in [0.2, 0.25) is 0 Å². The summed E-state index contributed by atoms with van der Waals surface area (Å²) in [4.78, 5) is 21.7. The lowest BCUT2D eigenvalue weighted by molar-refractivity contribution is -0.143. The number of hydrogen-bond acceptors (Lipinski definition) is 4. The summed E-state index contributed by atoms with van der Waals surface area (Å²) in [5.74, 6) is -0.532. The molecule has 4 heteroatoms. The van der Waals surface area contributed by atoms with E-state index in [-0.39, 0.29) is 11.9 Å². The van der Waals surface area contributed by atoms with Gasteiger partial charge in [-0.15, -0.1) is 0 Å². The predicted octanol–water partition coefficient (Wildman–Crippen LogP) is 1.84. The molecule has 0 unspecified atom stereocenters. The molecule has 0 aliphatic heterocycles. The molecular formula is C11H18O4. The molecule has 0 aliphatic rings. The molecule has 4 nitrogen and oxygen atoms in total. The molecular weight excluding hydrogens is 196 g/mol. The number of unbranched alkanes of at least 4 members (excludes halogenated alkanes) is 1. The van der Waals surface area contributed by atoms with Crippen molar-refractivity contribution < 1.29 is 19.1 Å². The van der Waals surface area contributed by atoms with Gasteiger partial charge in [0.2, 0.25) is 0 Å². The Bertz CT molecular complexity index is 221. The molecule has 0 aromatic carbocycles. The standard InChI is InChI=1S/C11H18O4/c1-3-14-10(12)8-6-5-7-9-11(13)15-4-2/h6,8H,3-5,7,9H2,1-2H3/b8-6+. The van der Waals surface area contributed by atoms with Gasteiger partial charge in [0.15, 0.2) is 0 Å². The van der Waals surface area contributed by atoms with Gasteiger partial charge in [0, 0.05) is 12.5 Å². The normalized spacial score (nSPS) is 10.3. The summed E-state index contributed by atoms with van der Waals surface area (Å²) in [7, 11) is 0. The highest BCUT2D eigenvalue weighted by molar-refractivity contribution is 5.81. The molecule has 0 saturated carbocycles. The van der Waals surface area contributed by atoms with Crippen LogP contribution in [0.25, 0.3) is 0 Å². The van der Waals surface area contributed by atoms with E-state index in [0.717, 1.165) is 0 Å². The predicted molar refractivity (Wildman–Crippen MR) is 56.3 cm³/mol. The van der Waals surface area contributed by atoms with E-state index in [4.69, 9.17) is 9.47 Å². The van der Waals surface area contributed by atoms with Crippen LogP contribution in [0.1, 0.15) is 33.1 Å². The van der Waals surface area contributed by atoms with Crippen molar-refractivity contribution in [1.29, 1.82) is 0 Å². The van der Waals surface area contributed by atoms with Crippen molar-refractivity contribution in [2.45, 2.75) is 33.1 Å². The first-order chi connectivity index (χ1) is 7.20. The van der Waals surface area contributed by atoms with Crippen LogP contribution >= 0.6 is 0 Å². The first-order valence-electron chi connectivity index (χ1n) is 5.19. The van der Waals surface area contributed by atoms with Crippen molar-refractivity contribution in [2.24, 2.45) is 0 Å². The quantitative estimate of drug-likeness (QED) is 0.368. The average Bonchev–Trinajstić information content (AvgIpc) is 2.18. The minimum atomic E-state index is -0.339. The molecule has 0 aromatic heterocycles. The summed E-state index contributed by atoms with van der Waals surface area (Å²) in [5.41, 5.74) is 0. The van der Waals surface area contributed by atoms with Crippen molar-refractivity contribution in [3.8, 4) is 0 Å². The molecule has 0 atom stereocenters. The summed E-state index contributed by atoms with van der Waals surface area (Å²) in [6.45, 7) is 4.33. The van der Waals surface area contributed by atoms with Gasteiger partial charge in [-0.25, -0.2) is 4.79 Å². The van der Waals surface area contributed by atoms with Crippen molar-refractivity contribution in [2.75, 3.05) is 13.2 Å². The number of esters is 2. The first kappa shape index (κ1) is 13.7. The van der Waals surface area contributed by atoms with Crippen LogP contribution in [0, 0.1) is 0 Å². The Balaban J connectivity index is 3.45. The fraction of sp³-hybridized carbons (Fsp3) is 0.636. The molecule has 0 rings (SSSR count). The maximum Gasteiger partial charge on any atom is 0.330 e. The van der Waals surface area contributed by atoms with Gasteiger partial charge < -0.3 is 9.47 Å². The Morgan fingerprint density at radius 2 is 1.80 bits per heavy atom. The Kier molecular flexibility index (Phi) is 8.43. The third-order valence-electron chi connectivity index (χ3n) is 1.60. The van der Waals surface area contributed by atoms with Gasteiger partial charge in [-0.2, -0.15) is 0 Å². The molecule has 0 bridgehead atoms. The molecule has 0 radical (unpaired) electrons. The Morgan fingerprint density at radius 3 is 2.40 bits per heavy atom. The summed E-state index contributed by atoms with van der Waals surface area (Å²) in [5, 5.41) is 0. The summed E-state index contributed by atoms with van der Waals surface area (Å²) in [6, 6.07) is 0. The maximum atomic E-state index is 10.9. The van der Waals surface area contributed by atoms with Crippen molar-refractivity contribution >= 4 is 11.9 Å². The minimum Gasteiger partial charge on any atom is -0.466 e. The number of allylic oxidation sites excluding steroid dienone is 1. The lowest BCUT2D eigenvalue weighted by Crippen LogP contribution is -2.03. The molecule has 0 N–H and O–H groups in total. The highest BCUT2D eigenvalue weighted by Gasteiger charge is 1.99. The van der Waals surface area contributed by atoms with Gasteiger partial charge in [-0.3, -0.25) is 4.79 Å². The van der Waals surface area contributed by atoms with E-state index in [2.05, 4.69) is 0 Å². The van der Waals surface area contributed by atoms with E-state index in [0.29, 0.717) is 32.5 Å². The van der Waals surface area contributed by atoms with Crippen LogP contribution in [-0.2, 0) is 19.1 Å². The van der Waals surface area contributed by atoms with E-state index < -0.39 is 0 Å². The third-order valence-corrected chi connectivity index (χ3v) is 1.60. The number of carbonyl (C=O) groups excluding carboxylic acids is 2. The SMILES string of the molecule is CCOC(=O)/C=C/CCCC(=O)OCC. The second-order valence-corrected chi connectivity index (χ2v) is 2.85. The lowest BCUT2D eigenvalue weighted by atomic mass is 10.2. The minimum absolute atomic E-state index is 0.193. The van der Waals surface area contributed by atoms with Crippen LogP contribution in [-0.4, -0.2) is 25.2 Å². The zero-order valence-electron chi connectivity index (χ0n) is 9.32. The fourth-order valence-corrected chi connectivity index (χ4v) is 0.967. The average molecular weight is 214 g/mol. The monoisotopic (exact) mass is 214 g/mol. The van der Waals surface area contributed by atoms with E-state index >= 15 is 0 Å². The van der Waals surface area contributed by atoms with Crippen molar-refractivity contribution in [1.82, 2.24) is 0 Å². The van der Waals surface area contributed by atoms with E-state index in [1.165, 1.54) is 6.08 Å². The highest BCUT2D eigenvalue weighted by atomic mass is 16.5. The maximum absolute atomic E-state index is 10.9. The van der Waals surface area contributed by atoms with Crippen LogP contribution < -0.4 is 0 Å². The molecule has 15 heavy (non-hydrogen) atoms. The molecule has 0 amide bonds. The molecule has 0 saturated heterocycles. The van der Waals surface area contributed by atoms with Crippen LogP contribution in [0.3, 0.4) is 0 Å². The third kappa shape index (κ3) is 9.00. The molecule has 86 valence electrons.